The van der Waals surface area contributed by atoms with Crippen molar-refractivity contribution in [2.45, 2.75) is 39.3 Å². The number of carboxylic acids is 1. The highest BCUT2D eigenvalue weighted by Gasteiger charge is 2.42. The van der Waals surface area contributed by atoms with Crippen molar-refractivity contribution < 1.29 is 14.6 Å². The van der Waals surface area contributed by atoms with Gasteiger partial charge < -0.3 is 9.84 Å². The van der Waals surface area contributed by atoms with Gasteiger partial charge in [-0.15, -0.1) is 0 Å². The Balaban J connectivity index is 2.24. The number of carboxylic acid groups (broad SMARTS) is 1. The second-order valence-electron chi connectivity index (χ2n) is 5.98. The van der Waals surface area contributed by atoms with Crippen LogP contribution in [0, 0.1) is 5.41 Å². The van der Waals surface area contributed by atoms with Gasteiger partial charge in [-0.25, -0.2) is 4.98 Å². The molecule has 0 saturated carbocycles. The highest BCUT2D eigenvalue weighted by molar-refractivity contribution is 5.74. The number of hydrogen-bond acceptors (Lipinski definition) is 4. The normalized spacial score (nSPS) is 22.4. The van der Waals surface area contributed by atoms with Gasteiger partial charge in [-0.1, -0.05) is 19.9 Å². The first kappa shape index (κ1) is 14.8. The minimum Gasteiger partial charge on any atom is -0.481 e. The smallest absolute Gasteiger partial charge is 0.321 e. The summed E-state index contributed by atoms with van der Waals surface area (Å²) in [6.07, 6.45) is 3.63. The molecule has 0 amide bonds. The summed E-state index contributed by atoms with van der Waals surface area (Å²) in [5.74, 6) is -0.183. The summed E-state index contributed by atoms with van der Waals surface area (Å²) in [7, 11) is 1.58. The largest absolute Gasteiger partial charge is 0.481 e. The second-order valence-corrected chi connectivity index (χ2v) is 5.98. The Morgan fingerprint density at radius 3 is 3.00 bits per heavy atom. The average Bonchev–Trinajstić information content (AvgIpc) is 2.37. The summed E-state index contributed by atoms with van der Waals surface area (Å²) in [6.45, 7) is 5.40. The molecule has 0 radical (unpaired) electrons. The first-order valence-electron chi connectivity index (χ1n) is 6.90. The van der Waals surface area contributed by atoms with E-state index in [1.165, 1.54) is 0 Å². The Bertz CT molecular complexity index is 488. The maximum absolute atomic E-state index is 11.6. The van der Waals surface area contributed by atoms with Gasteiger partial charge in [0.05, 0.1) is 7.11 Å². The highest BCUT2D eigenvalue weighted by atomic mass is 16.5. The molecule has 110 valence electrons. The molecule has 0 spiro atoms. The van der Waals surface area contributed by atoms with Crippen LogP contribution in [0.4, 0.5) is 0 Å². The van der Waals surface area contributed by atoms with E-state index in [9.17, 15) is 9.90 Å². The number of ether oxygens (including phenoxy) is 1. The van der Waals surface area contributed by atoms with Crippen molar-refractivity contribution >= 4 is 5.97 Å². The second kappa shape index (κ2) is 5.79. The molecule has 1 fully saturated rings. The maximum Gasteiger partial charge on any atom is 0.321 e. The van der Waals surface area contributed by atoms with E-state index in [0.29, 0.717) is 12.4 Å². The number of carbonyl (C=O) groups is 1. The molecule has 1 aromatic heterocycles. The lowest BCUT2D eigenvalue weighted by Crippen LogP contribution is -2.53. The van der Waals surface area contributed by atoms with Crippen LogP contribution in [0.5, 0.6) is 5.88 Å². The number of likely N-dealkylation sites (tertiary alicyclic amines) is 1. The van der Waals surface area contributed by atoms with Crippen molar-refractivity contribution in [1.29, 1.82) is 0 Å². The number of piperidine rings is 1. The number of aromatic nitrogens is 1. The van der Waals surface area contributed by atoms with E-state index in [4.69, 9.17) is 4.74 Å². The molecule has 1 unspecified atom stereocenters. The third kappa shape index (κ3) is 2.93. The summed E-state index contributed by atoms with van der Waals surface area (Å²) in [5, 5.41) is 9.56. The molecule has 2 heterocycles. The van der Waals surface area contributed by atoms with Gasteiger partial charge in [0, 0.05) is 18.3 Å². The van der Waals surface area contributed by atoms with Crippen LogP contribution >= 0.6 is 0 Å². The summed E-state index contributed by atoms with van der Waals surface area (Å²) in [5.41, 5.74) is 0.707. The lowest BCUT2D eigenvalue weighted by molar-refractivity contribution is -0.151. The zero-order chi connectivity index (χ0) is 14.8. The van der Waals surface area contributed by atoms with Gasteiger partial charge in [-0.3, -0.25) is 9.69 Å². The van der Waals surface area contributed by atoms with E-state index < -0.39 is 12.0 Å². The van der Waals surface area contributed by atoms with E-state index >= 15 is 0 Å². The van der Waals surface area contributed by atoms with Crippen LogP contribution in [0.2, 0.25) is 0 Å². The third-order valence-corrected chi connectivity index (χ3v) is 4.02. The van der Waals surface area contributed by atoms with Gasteiger partial charge in [0.15, 0.2) is 0 Å². The quantitative estimate of drug-likeness (QED) is 0.914. The summed E-state index contributed by atoms with van der Waals surface area (Å²) in [6, 6.07) is 3.32. The number of hydrogen-bond donors (Lipinski definition) is 1. The topological polar surface area (TPSA) is 62.7 Å². The molecule has 1 aromatic rings. The first-order chi connectivity index (χ1) is 9.45. The van der Waals surface area contributed by atoms with Gasteiger partial charge >= 0.3 is 5.97 Å². The Morgan fingerprint density at radius 2 is 2.35 bits per heavy atom. The first-order valence-corrected chi connectivity index (χ1v) is 6.90. The third-order valence-electron chi connectivity index (χ3n) is 4.02. The van der Waals surface area contributed by atoms with Crippen LogP contribution in [-0.4, -0.2) is 40.7 Å². The van der Waals surface area contributed by atoms with E-state index in [-0.39, 0.29) is 5.41 Å². The molecule has 20 heavy (non-hydrogen) atoms. The molecule has 5 heteroatoms. The summed E-state index contributed by atoms with van der Waals surface area (Å²) < 4.78 is 5.25. The SMILES string of the molecule is COc1ncccc1CN1CCCC(C)(C)C1C(=O)O. The summed E-state index contributed by atoms with van der Waals surface area (Å²) in [4.78, 5) is 17.8. The molecule has 1 N–H and O–H groups in total. The standard InChI is InChI=1S/C15H22N2O3/c1-15(2)7-5-9-17(12(15)14(18)19)10-11-6-4-8-16-13(11)20-3/h4,6,8,12H,5,7,9-10H2,1-3H3,(H,18,19). The molecular weight excluding hydrogens is 256 g/mol. The molecule has 0 aromatic carbocycles. The molecule has 5 nitrogen and oxygen atoms in total. The molecule has 0 aliphatic carbocycles. The molecule has 1 atom stereocenters. The Labute approximate surface area is 119 Å². The minimum atomic E-state index is -0.752. The molecule has 1 aliphatic heterocycles. The monoisotopic (exact) mass is 278 g/mol. The lowest BCUT2D eigenvalue weighted by atomic mass is 9.76. The summed E-state index contributed by atoms with van der Waals surface area (Å²) >= 11 is 0. The van der Waals surface area contributed by atoms with E-state index in [0.717, 1.165) is 24.9 Å². The number of aliphatic carboxylic acids is 1. The number of rotatable bonds is 4. The van der Waals surface area contributed by atoms with Crippen molar-refractivity contribution in [2.75, 3.05) is 13.7 Å². The van der Waals surface area contributed by atoms with Crippen molar-refractivity contribution in [2.24, 2.45) is 5.41 Å². The van der Waals surface area contributed by atoms with E-state index in [1.54, 1.807) is 13.3 Å². The fourth-order valence-electron chi connectivity index (χ4n) is 3.11. The van der Waals surface area contributed by atoms with Crippen molar-refractivity contribution in [3.63, 3.8) is 0 Å². The predicted molar refractivity (Wildman–Crippen MR) is 75.6 cm³/mol. The van der Waals surface area contributed by atoms with Crippen LogP contribution in [0.1, 0.15) is 32.3 Å². The van der Waals surface area contributed by atoms with Crippen molar-refractivity contribution in [3.8, 4) is 5.88 Å². The number of nitrogens with zero attached hydrogens (tertiary/aromatic N) is 2. The van der Waals surface area contributed by atoms with E-state index in [1.807, 2.05) is 30.9 Å². The van der Waals surface area contributed by atoms with Crippen LogP contribution < -0.4 is 4.74 Å². The highest BCUT2D eigenvalue weighted by Crippen LogP contribution is 2.36. The zero-order valence-corrected chi connectivity index (χ0v) is 12.3. The van der Waals surface area contributed by atoms with Crippen LogP contribution in [0.25, 0.3) is 0 Å². The Morgan fingerprint density at radius 1 is 1.60 bits per heavy atom. The molecule has 1 aliphatic rings. The Kier molecular flexibility index (Phi) is 4.28. The minimum absolute atomic E-state index is 0.223. The number of pyridine rings is 1. The van der Waals surface area contributed by atoms with Gasteiger partial charge in [0.1, 0.15) is 6.04 Å². The fourth-order valence-corrected chi connectivity index (χ4v) is 3.11. The molecule has 2 rings (SSSR count). The van der Waals surface area contributed by atoms with Gasteiger partial charge in [-0.05, 0) is 30.9 Å². The number of methoxy groups -OCH3 is 1. The lowest BCUT2D eigenvalue weighted by Gasteiger charge is -2.44. The van der Waals surface area contributed by atoms with Gasteiger partial charge in [0.25, 0.3) is 0 Å². The molecular formula is C15H22N2O3. The maximum atomic E-state index is 11.6. The van der Waals surface area contributed by atoms with Crippen molar-refractivity contribution in [1.82, 2.24) is 9.88 Å². The van der Waals surface area contributed by atoms with Crippen LogP contribution in [0.3, 0.4) is 0 Å². The molecule has 0 bridgehead atoms. The van der Waals surface area contributed by atoms with Crippen LogP contribution in [-0.2, 0) is 11.3 Å². The predicted octanol–water partition coefficient (Wildman–Crippen LogP) is 2.17. The van der Waals surface area contributed by atoms with Crippen LogP contribution in [0.15, 0.2) is 18.3 Å². The van der Waals surface area contributed by atoms with Crippen molar-refractivity contribution in [3.05, 3.63) is 23.9 Å². The molecule has 1 saturated heterocycles. The Hall–Kier alpha value is -1.62. The zero-order valence-electron chi connectivity index (χ0n) is 12.3. The van der Waals surface area contributed by atoms with Gasteiger partial charge in [0.2, 0.25) is 5.88 Å². The van der Waals surface area contributed by atoms with E-state index in [2.05, 4.69) is 4.98 Å². The average molecular weight is 278 g/mol. The fraction of sp³-hybridized carbons (Fsp3) is 0.600. The van der Waals surface area contributed by atoms with Gasteiger partial charge in [-0.2, -0.15) is 0 Å².